The Hall–Kier alpha value is -1.03. The minimum absolute atomic E-state index is 0.219. The summed E-state index contributed by atoms with van der Waals surface area (Å²) in [4.78, 5) is 12.0. The fourth-order valence-corrected chi connectivity index (χ4v) is 2.74. The van der Waals surface area contributed by atoms with Crippen molar-refractivity contribution < 1.29 is 0 Å². The lowest BCUT2D eigenvalue weighted by molar-refractivity contribution is 0.463. The number of nitrogens with zero attached hydrogens (tertiary/aromatic N) is 1. The Balaban J connectivity index is 1.83. The summed E-state index contributed by atoms with van der Waals surface area (Å²) in [7, 11) is 0. The smallest absolute Gasteiger partial charge is 0.269 e. The van der Waals surface area contributed by atoms with Crippen molar-refractivity contribution in [3.8, 4) is 0 Å². The molecule has 4 heteroatoms. The third-order valence-electron chi connectivity index (χ3n) is 3.56. The molecule has 2 aliphatic rings. The van der Waals surface area contributed by atoms with Crippen molar-refractivity contribution in [1.82, 2.24) is 15.1 Å². The highest BCUT2D eigenvalue weighted by atomic mass is 16.1. The number of fused-ring (bicyclic) bond motifs is 1. The molecule has 0 aromatic carbocycles. The average Bonchev–Trinajstić information content (AvgIpc) is 2.89. The number of nitrogens with one attached hydrogen (secondary N) is 2. The highest BCUT2D eigenvalue weighted by molar-refractivity contribution is 5.22. The highest BCUT2D eigenvalue weighted by Crippen LogP contribution is 2.16. The van der Waals surface area contributed by atoms with Gasteiger partial charge in [-0.1, -0.05) is 0 Å². The van der Waals surface area contributed by atoms with Crippen LogP contribution in [0.1, 0.15) is 30.5 Å². The van der Waals surface area contributed by atoms with Crippen LogP contribution >= 0.6 is 0 Å². The van der Waals surface area contributed by atoms with E-state index in [1.807, 2.05) is 0 Å². The normalized spacial score (nSPS) is 24.7. The van der Waals surface area contributed by atoms with Gasteiger partial charge in [0.05, 0.1) is 6.54 Å². The average molecular weight is 207 g/mol. The maximum atomic E-state index is 12.0. The molecular formula is C11H17N3O. The van der Waals surface area contributed by atoms with Crippen LogP contribution in [0.5, 0.6) is 0 Å². The van der Waals surface area contributed by atoms with Crippen LogP contribution in [0, 0.1) is 0 Å². The predicted octanol–water partition coefficient (Wildman–Crippen LogP) is 0.417. The Bertz CT molecular complexity index is 412. The van der Waals surface area contributed by atoms with Crippen molar-refractivity contribution in [1.29, 1.82) is 0 Å². The number of hydrogen-bond acceptors (Lipinski definition) is 2. The maximum Gasteiger partial charge on any atom is 0.269 e. The Kier molecular flexibility index (Phi) is 2.16. The van der Waals surface area contributed by atoms with E-state index >= 15 is 0 Å². The number of hydrogen-bond donors (Lipinski definition) is 2. The molecule has 2 heterocycles. The van der Waals surface area contributed by atoms with E-state index in [1.165, 1.54) is 18.5 Å². The zero-order valence-electron chi connectivity index (χ0n) is 8.88. The lowest BCUT2D eigenvalue weighted by Crippen LogP contribution is -2.32. The first-order chi connectivity index (χ1) is 7.34. The molecule has 0 bridgehead atoms. The molecule has 1 saturated heterocycles. The van der Waals surface area contributed by atoms with E-state index in [2.05, 4.69) is 10.4 Å². The summed E-state index contributed by atoms with van der Waals surface area (Å²) in [6.45, 7) is 1.91. The van der Waals surface area contributed by atoms with E-state index in [0.29, 0.717) is 6.04 Å². The van der Waals surface area contributed by atoms with Crippen molar-refractivity contribution in [3.63, 3.8) is 0 Å². The first-order valence-electron chi connectivity index (χ1n) is 5.88. The second kappa shape index (κ2) is 3.52. The number of rotatable bonds is 2. The molecule has 1 aliphatic carbocycles. The van der Waals surface area contributed by atoms with Crippen molar-refractivity contribution in [2.75, 3.05) is 6.54 Å². The molecule has 0 saturated carbocycles. The van der Waals surface area contributed by atoms with Gasteiger partial charge >= 0.3 is 0 Å². The van der Waals surface area contributed by atoms with Crippen molar-refractivity contribution in [2.24, 2.45) is 0 Å². The molecule has 1 aromatic rings. The molecule has 1 aromatic heterocycles. The van der Waals surface area contributed by atoms with Gasteiger partial charge in [-0.2, -0.15) is 0 Å². The van der Waals surface area contributed by atoms with E-state index in [0.717, 1.165) is 37.9 Å². The van der Waals surface area contributed by atoms with Crippen LogP contribution in [0.4, 0.5) is 0 Å². The van der Waals surface area contributed by atoms with Crippen molar-refractivity contribution >= 4 is 0 Å². The molecule has 1 unspecified atom stereocenters. The molecule has 3 rings (SSSR count). The Morgan fingerprint density at radius 2 is 2.27 bits per heavy atom. The fraction of sp³-hybridized carbons (Fsp3) is 0.727. The number of H-pyrrole nitrogens is 1. The van der Waals surface area contributed by atoms with Gasteiger partial charge in [-0.3, -0.25) is 14.6 Å². The van der Waals surface area contributed by atoms with Crippen molar-refractivity contribution in [3.05, 3.63) is 21.6 Å². The van der Waals surface area contributed by atoms with Gasteiger partial charge in [-0.25, -0.2) is 0 Å². The maximum absolute atomic E-state index is 12.0. The molecule has 1 fully saturated rings. The third-order valence-corrected chi connectivity index (χ3v) is 3.56. The largest absolute Gasteiger partial charge is 0.312 e. The summed E-state index contributed by atoms with van der Waals surface area (Å²) in [5.41, 5.74) is 2.43. The van der Waals surface area contributed by atoms with Gasteiger partial charge < -0.3 is 5.32 Å². The van der Waals surface area contributed by atoms with Gasteiger partial charge in [0.25, 0.3) is 5.56 Å². The molecule has 82 valence electrons. The van der Waals surface area contributed by atoms with Gasteiger partial charge in [-0.15, -0.1) is 0 Å². The van der Waals surface area contributed by atoms with E-state index in [-0.39, 0.29) is 5.56 Å². The van der Waals surface area contributed by atoms with Crippen LogP contribution < -0.4 is 10.9 Å². The predicted molar refractivity (Wildman–Crippen MR) is 58.1 cm³/mol. The summed E-state index contributed by atoms with van der Waals surface area (Å²) in [6.07, 6.45) is 5.58. The van der Waals surface area contributed by atoms with E-state index < -0.39 is 0 Å². The highest BCUT2D eigenvalue weighted by Gasteiger charge is 2.21. The molecule has 0 radical (unpaired) electrons. The second-order valence-electron chi connectivity index (χ2n) is 4.63. The Morgan fingerprint density at radius 3 is 3.00 bits per heavy atom. The lowest BCUT2D eigenvalue weighted by atomic mass is 10.2. The number of aryl methyl sites for hydroxylation is 1. The van der Waals surface area contributed by atoms with Crippen LogP contribution in [0.2, 0.25) is 0 Å². The van der Waals surface area contributed by atoms with Crippen LogP contribution in [-0.4, -0.2) is 22.4 Å². The monoisotopic (exact) mass is 207 g/mol. The molecule has 1 aliphatic heterocycles. The molecule has 0 spiro atoms. The summed E-state index contributed by atoms with van der Waals surface area (Å²) in [6, 6.07) is 0.487. The van der Waals surface area contributed by atoms with Gasteiger partial charge in [0.1, 0.15) is 0 Å². The number of aromatic amines is 1. The molecule has 1 atom stereocenters. The van der Waals surface area contributed by atoms with Crippen LogP contribution in [-0.2, 0) is 19.4 Å². The Labute approximate surface area is 88.7 Å². The number of aromatic nitrogens is 2. The van der Waals surface area contributed by atoms with Gasteiger partial charge in [0, 0.05) is 17.3 Å². The van der Waals surface area contributed by atoms with Crippen LogP contribution in [0.3, 0.4) is 0 Å². The van der Waals surface area contributed by atoms with E-state index in [1.54, 1.807) is 4.68 Å². The standard InChI is InChI=1S/C11H17N3O/c15-11-9-4-1-5-10(9)13-14(11)7-8-3-2-6-12-8/h8,12-13H,1-7H2. The lowest BCUT2D eigenvalue weighted by Gasteiger charge is -2.10. The Morgan fingerprint density at radius 1 is 1.33 bits per heavy atom. The van der Waals surface area contributed by atoms with Crippen LogP contribution in [0.15, 0.2) is 4.79 Å². The molecule has 4 nitrogen and oxygen atoms in total. The molecule has 2 N–H and O–H groups in total. The van der Waals surface area contributed by atoms with Gasteiger partial charge in [0.2, 0.25) is 0 Å². The zero-order chi connectivity index (χ0) is 10.3. The summed E-state index contributed by atoms with van der Waals surface area (Å²) >= 11 is 0. The summed E-state index contributed by atoms with van der Waals surface area (Å²) in [5, 5.41) is 6.67. The van der Waals surface area contributed by atoms with E-state index in [9.17, 15) is 4.79 Å². The third kappa shape index (κ3) is 1.53. The summed E-state index contributed by atoms with van der Waals surface area (Å²) < 4.78 is 1.80. The van der Waals surface area contributed by atoms with Gasteiger partial charge in [-0.05, 0) is 38.6 Å². The zero-order valence-corrected chi connectivity index (χ0v) is 8.88. The van der Waals surface area contributed by atoms with E-state index in [4.69, 9.17) is 0 Å². The van der Waals surface area contributed by atoms with Gasteiger partial charge in [0.15, 0.2) is 0 Å². The first kappa shape index (κ1) is 9.21. The fourth-order valence-electron chi connectivity index (χ4n) is 2.74. The SMILES string of the molecule is O=c1c2c([nH]n1CC1CCCN1)CCC2. The van der Waals surface area contributed by atoms with Crippen molar-refractivity contribution in [2.45, 2.75) is 44.7 Å². The molecule has 15 heavy (non-hydrogen) atoms. The minimum Gasteiger partial charge on any atom is -0.312 e. The minimum atomic E-state index is 0.219. The first-order valence-corrected chi connectivity index (χ1v) is 5.88. The molecular weight excluding hydrogens is 190 g/mol. The topological polar surface area (TPSA) is 49.8 Å². The summed E-state index contributed by atoms with van der Waals surface area (Å²) in [5.74, 6) is 0. The van der Waals surface area contributed by atoms with Crippen LogP contribution in [0.25, 0.3) is 0 Å². The quantitative estimate of drug-likeness (QED) is 0.738. The molecule has 0 amide bonds. The second-order valence-corrected chi connectivity index (χ2v) is 4.63.